The van der Waals surface area contributed by atoms with E-state index in [0.717, 1.165) is 23.4 Å². The standard InChI is InChI=1S/C20H24N6O3S2/c1-13-7-9-20(10-8-13)16(28)26(18(29)22-20)25-15(27)12-30-19-24-23-17(31-19)21-11-14-5-3-2-4-6-14/h2-6,13H,7-12H2,1H3,(H,21,23)(H,22,29)(H,25,27). The number of rotatable bonds is 7. The zero-order valence-electron chi connectivity index (χ0n) is 17.1. The van der Waals surface area contributed by atoms with Gasteiger partial charge in [-0.25, -0.2) is 4.79 Å². The molecule has 9 nitrogen and oxygen atoms in total. The van der Waals surface area contributed by atoms with Gasteiger partial charge in [-0.05, 0) is 37.2 Å². The highest BCUT2D eigenvalue weighted by atomic mass is 32.2. The molecule has 0 radical (unpaired) electrons. The van der Waals surface area contributed by atoms with Crippen molar-refractivity contribution in [2.45, 2.75) is 49.0 Å². The van der Waals surface area contributed by atoms with Gasteiger partial charge in [0.05, 0.1) is 5.75 Å². The van der Waals surface area contributed by atoms with Crippen molar-refractivity contribution >= 4 is 46.1 Å². The first-order chi connectivity index (χ1) is 14.9. The average molecular weight is 461 g/mol. The lowest BCUT2D eigenvalue weighted by Gasteiger charge is -2.33. The summed E-state index contributed by atoms with van der Waals surface area (Å²) in [6.45, 7) is 2.77. The molecule has 1 aliphatic heterocycles. The molecular formula is C20H24N6O3S2. The molecule has 0 atom stereocenters. The van der Waals surface area contributed by atoms with Crippen molar-refractivity contribution in [2.75, 3.05) is 11.1 Å². The summed E-state index contributed by atoms with van der Waals surface area (Å²) in [5, 5.41) is 15.6. The number of anilines is 1. The van der Waals surface area contributed by atoms with Gasteiger partial charge < -0.3 is 10.6 Å². The molecule has 31 heavy (non-hydrogen) atoms. The van der Waals surface area contributed by atoms with E-state index in [2.05, 4.69) is 33.2 Å². The molecule has 1 spiro atoms. The topological polar surface area (TPSA) is 116 Å². The van der Waals surface area contributed by atoms with Crippen LogP contribution in [-0.2, 0) is 16.1 Å². The van der Waals surface area contributed by atoms with Crippen LogP contribution in [0.5, 0.6) is 0 Å². The minimum atomic E-state index is -0.872. The van der Waals surface area contributed by atoms with E-state index in [1.807, 2.05) is 30.3 Å². The Bertz CT molecular complexity index is 959. The fourth-order valence-corrected chi connectivity index (χ4v) is 5.25. The van der Waals surface area contributed by atoms with Crippen molar-refractivity contribution in [1.82, 2.24) is 25.9 Å². The van der Waals surface area contributed by atoms with E-state index in [1.165, 1.54) is 23.1 Å². The fraction of sp³-hybridized carbons (Fsp3) is 0.450. The van der Waals surface area contributed by atoms with Crippen LogP contribution in [0.3, 0.4) is 0 Å². The van der Waals surface area contributed by atoms with Gasteiger partial charge in [0.1, 0.15) is 5.54 Å². The second kappa shape index (κ2) is 9.23. The lowest BCUT2D eigenvalue weighted by Crippen LogP contribution is -2.51. The first kappa shape index (κ1) is 21.6. The van der Waals surface area contributed by atoms with Gasteiger partial charge in [-0.3, -0.25) is 15.0 Å². The Labute approximate surface area is 188 Å². The predicted molar refractivity (Wildman–Crippen MR) is 118 cm³/mol. The van der Waals surface area contributed by atoms with Crippen molar-refractivity contribution < 1.29 is 14.4 Å². The number of hydrazine groups is 1. The normalized spacial score (nSPS) is 23.1. The van der Waals surface area contributed by atoms with Gasteiger partial charge in [-0.15, -0.1) is 10.2 Å². The predicted octanol–water partition coefficient (Wildman–Crippen LogP) is 2.77. The molecule has 4 rings (SSSR count). The molecule has 2 fully saturated rings. The molecule has 1 aromatic heterocycles. The summed E-state index contributed by atoms with van der Waals surface area (Å²) in [6.07, 6.45) is 2.95. The number of benzene rings is 1. The third-order valence-electron chi connectivity index (χ3n) is 5.55. The van der Waals surface area contributed by atoms with Gasteiger partial charge in [0.15, 0.2) is 4.34 Å². The zero-order chi connectivity index (χ0) is 21.8. The lowest BCUT2D eigenvalue weighted by molar-refractivity contribution is -0.139. The summed E-state index contributed by atoms with van der Waals surface area (Å²) in [4.78, 5) is 37.4. The fourth-order valence-electron chi connectivity index (χ4n) is 3.71. The van der Waals surface area contributed by atoms with Crippen LogP contribution in [0.2, 0.25) is 0 Å². The Hall–Kier alpha value is -2.66. The number of amides is 4. The molecule has 4 amide bonds. The number of carbonyl (C=O) groups is 3. The SMILES string of the molecule is CC1CCC2(CC1)NC(=O)N(NC(=O)CSc1nnc(NCc3ccccc3)s1)C2=O. The van der Waals surface area contributed by atoms with E-state index in [1.54, 1.807) is 0 Å². The smallest absolute Gasteiger partial charge is 0.344 e. The Kier molecular flexibility index (Phi) is 6.42. The summed E-state index contributed by atoms with van der Waals surface area (Å²) >= 11 is 2.55. The van der Waals surface area contributed by atoms with Crippen molar-refractivity contribution in [3.63, 3.8) is 0 Å². The number of hydrogen-bond donors (Lipinski definition) is 3. The van der Waals surface area contributed by atoms with Crippen LogP contribution >= 0.6 is 23.1 Å². The first-order valence-corrected chi connectivity index (χ1v) is 12.0. The number of nitrogens with one attached hydrogen (secondary N) is 3. The van der Waals surface area contributed by atoms with E-state index >= 15 is 0 Å². The Morgan fingerprint density at radius 1 is 1.26 bits per heavy atom. The molecule has 1 aromatic carbocycles. The van der Waals surface area contributed by atoms with Gasteiger partial charge >= 0.3 is 6.03 Å². The quantitative estimate of drug-likeness (QED) is 0.430. The number of aromatic nitrogens is 2. The molecule has 164 valence electrons. The first-order valence-electron chi connectivity index (χ1n) is 10.2. The van der Waals surface area contributed by atoms with Crippen molar-refractivity contribution in [1.29, 1.82) is 0 Å². The summed E-state index contributed by atoms with van der Waals surface area (Å²) in [5.41, 5.74) is 2.69. The van der Waals surface area contributed by atoms with Gasteiger partial charge in [0.25, 0.3) is 5.91 Å². The van der Waals surface area contributed by atoms with E-state index in [-0.39, 0.29) is 11.7 Å². The molecule has 2 aromatic rings. The molecule has 11 heteroatoms. The number of urea groups is 1. The van der Waals surface area contributed by atoms with Crippen LogP contribution in [0.15, 0.2) is 34.7 Å². The molecule has 1 saturated carbocycles. The number of hydrogen-bond acceptors (Lipinski definition) is 8. The maximum atomic E-state index is 12.8. The molecular weight excluding hydrogens is 436 g/mol. The largest absolute Gasteiger partial charge is 0.356 e. The highest BCUT2D eigenvalue weighted by molar-refractivity contribution is 8.01. The van der Waals surface area contributed by atoms with Crippen LogP contribution < -0.4 is 16.1 Å². The van der Waals surface area contributed by atoms with Gasteiger partial charge in [-0.2, -0.15) is 5.01 Å². The summed E-state index contributed by atoms with van der Waals surface area (Å²) in [6, 6.07) is 9.37. The van der Waals surface area contributed by atoms with Crippen molar-refractivity contribution in [3.8, 4) is 0 Å². The van der Waals surface area contributed by atoms with E-state index in [0.29, 0.717) is 34.8 Å². The summed E-state index contributed by atoms with van der Waals surface area (Å²) < 4.78 is 0.626. The molecule has 3 N–H and O–H groups in total. The Balaban J connectivity index is 1.25. The Morgan fingerprint density at radius 2 is 2.00 bits per heavy atom. The van der Waals surface area contributed by atoms with Crippen LogP contribution in [0.25, 0.3) is 0 Å². The van der Waals surface area contributed by atoms with Gasteiger partial charge in [-0.1, -0.05) is 60.4 Å². The maximum absolute atomic E-state index is 12.8. The number of imide groups is 1. The molecule has 1 saturated heterocycles. The van der Waals surface area contributed by atoms with Gasteiger partial charge in [0, 0.05) is 6.54 Å². The lowest BCUT2D eigenvalue weighted by atomic mass is 9.77. The molecule has 0 unspecified atom stereocenters. The monoisotopic (exact) mass is 460 g/mol. The van der Waals surface area contributed by atoms with Crippen molar-refractivity contribution in [3.05, 3.63) is 35.9 Å². The van der Waals surface area contributed by atoms with Crippen molar-refractivity contribution in [2.24, 2.45) is 5.92 Å². The second-order valence-electron chi connectivity index (χ2n) is 7.87. The van der Waals surface area contributed by atoms with E-state index in [4.69, 9.17) is 0 Å². The minimum Gasteiger partial charge on any atom is -0.356 e. The van der Waals surface area contributed by atoms with Crippen LogP contribution in [0, 0.1) is 5.92 Å². The molecule has 2 heterocycles. The molecule has 0 bridgehead atoms. The summed E-state index contributed by atoms with van der Waals surface area (Å²) in [5.74, 6) is -0.252. The third kappa shape index (κ3) is 4.99. The minimum absolute atomic E-state index is 0.0222. The highest BCUT2D eigenvalue weighted by Crippen LogP contribution is 2.35. The third-order valence-corrected chi connectivity index (χ3v) is 7.56. The number of carbonyl (C=O) groups excluding carboxylic acids is 3. The van der Waals surface area contributed by atoms with Crippen LogP contribution in [0.1, 0.15) is 38.2 Å². The molecule has 1 aliphatic carbocycles. The zero-order valence-corrected chi connectivity index (χ0v) is 18.7. The van der Waals surface area contributed by atoms with Crippen LogP contribution in [-0.4, -0.2) is 44.3 Å². The van der Waals surface area contributed by atoms with E-state index in [9.17, 15) is 14.4 Å². The second-order valence-corrected chi connectivity index (χ2v) is 10.1. The maximum Gasteiger partial charge on any atom is 0.344 e. The number of thioether (sulfide) groups is 1. The highest BCUT2D eigenvalue weighted by Gasteiger charge is 2.52. The Morgan fingerprint density at radius 3 is 2.74 bits per heavy atom. The van der Waals surface area contributed by atoms with Crippen LogP contribution in [0.4, 0.5) is 9.93 Å². The number of nitrogens with zero attached hydrogens (tertiary/aromatic N) is 3. The summed E-state index contributed by atoms with van der Waals surface area (Å²) in [7, 11) is 0. The average Bonchev–Trinajstić information content (AvgIpc) is 3.32. The van der Waals surface area contributed by atoms with Gasteiger partial charge in [0.2, 0.25) is 11.0 Å². The molecule has 2 aliphatic rings. The van der Waals surface area contributed by atoms with E-state index < -0.39 is 17.5 Å².